The van der Waals surface area contributed by atoms with E-state index in [0.29, 0.717) is 5.41 Å². The molecule has 0 aromatic heterocycles. The predicted octanol–water partition coefficient (Wildman–Crippen LogP) is 2.86. The van der Waals surface area contributed by atoms with E-state index in [9.17, 15) is 0 Å². The van der Waals surface area contributed by atoms with Gasteiger partial charge in [-0.3, -0.25) is 0 Å². The van der Waals surface area contributed by atoms with Gasteiger partial charge in [-0.2, -0.15) is 0 Å². The number of hydrogen-bond acceptors (Lipinski definition) is 1. The van der Waals surface area contributed by atoms with Crippen LogP contribution in [0.15, 0.2) is 11.6 Å². The second-order valence-electron chi connectivity index (χ2n) is 4.63. The van der Waals surface area contributed by atoms with Crippen molar-refractivity contribution >= 4 is 0 Å². The molecule has 1 aliphatic carbocycles. The minimum atomic E-state index is 0.269. The van der Waals surface area contributed by atoms with Gasteiger partial charge in [-0.05, 0) is 32.1 Å². The van der Waals surface area contributed by atoms with Crippen LogP contribution in [-0.2, 0) is 0 Å². The fourth-order valence-electron chi connectivity index (χ4n) is 2.08. The van der Waals surface area contributed by atoms with Crippen LogP contribution >= 0.6 is 0 Å². The topological polar surface area (TPSA) is 26.0 Å². The zero-order valence-electron chi connectivity index (χ0n) is 8.56. The molecule has 0 aromatic carbocycles. The van der Waals surface area contributed by atoms with Crippen LogP contribution in [0, 0.1) is 5.41 Å². The SMILES string of the molecule is CC(C)=CC(N)C1(C)CCCC1. The summed E-state index contributed by atoms with van der Waals surface area (Å²) in [7, 11) is 0. The van der Waals surface area contributed by atoms with Crippen molar-refractivity contribution < 1.29 is 0 Å². The zero-order valence-corrected chi connectivity index (χ0v) is 8.56. The van der Waals surface area contributed by atoms with Gasteiger partial charge in [0.1, 0.15) is 0 Å². The maximum atomic E-state index is 6.14. The Kier molecular flexibility index (Phi) is 2.94. The molecule has 0 bridgehead atoms. The molecular formula is C11H21N. The lowest BCUT2D eigenvalue weighted by Gasteiger charge is -2.29. The highest BCUT2D eigenvalue weighted by atomic mass is 14.7. The summed E-state index contributed by atoms with van der Waals surface area (Å²) < 4.78 is 0. The highest BCUT2D eigenvalue weighted by molar-refractivity contribution is 5.06. The van der Waals surface area contributed by atoms with Gasteiger partial charge in [0.05, 0.1) is 0 Å². The molecule has 0 amide bonds. The molecule has 1 rings (SSSR count). The molecule has 1 heteroatoms. The van der Waals surface area contributed by atoms with E-state index >= 15 is 0 Å². The van der Waals surface area contributed by atoms with Crippen LogP contribution in [-0.4, -0.2) is 6.04 Å². The van der Waals surface area contributed by atoms with Gasteiger partial charge < -0.3 is 5.73 Å². The Hall–Kier alpha value is -0.300. The second-order valence-corrected chi connectivity index (χ2v) is 4.63. The normalized spacial score (nSPS) is 23.7. The first-order chi connectivity index (χ1) is 5.54. The first-order valence-electron chi connectivity index (χ1n) is 4.95. The fourth-order valence-corrected chi connectivity index (χ4v) is 2.08. The van der Waals surface area contributed by atoms with Gasteiger partial charge in [0.2, 0.25) is 0 Å². The smallest absolute Gasteiger partial charge is 0.0280 e. The summed E-state index contributed by atoms with van der Waals surface area (Å²) >= 11 is 0. The lowest BCUT2D eigenvalue weighted by atomic mass is 9.80. The molecule has 0 radical (unpaired) electrons. The van der Waals surface area contributed by atoms with Crippen molar-refractivity contribution in [2.24, 2.45) is 11.1 Å². The second kappa shape index (κ2) is 3.61. The Morgan fingerprint density at radius 1 is 1.33 bits per heavy atom. The summed E-state index contributed by atoms with van der Waals surface area (Å²) in [4.78, 5) is 0. The van der Waals surface area contributed by atoms with Crippen LogP contribution in [0.2, 0.25) is 0 Å². The highest BCUT2D eigenvalue weighted by Crippen LogP contribution is 2.40. The van der Waals surface area contributed by atoms with E-state index in [0.717, 1.165) is 0 Å². The van der Waals surface area contributed by atoms with Gasteiger partial charge in [0.15, 0.2) is 0 Å². The van der Waals surface area contributed by atoms with E-state index in [2.05, 4.69) is 26.8 Å². The Balaban J connectivity index is 2.61. The van der Waals surface area contributed by atoms with Crippen LogP contribution in [0.1, 0.15) is 46.5 Å². The van der Waals surface area contributed by atoms with Crippen LogP contribution in [0.4, 0.5) is 0 Å². The maximum absolute atomic E-state index is 6.14. The van der Waals surface area contributed by atoms with Gasteiger partial charge in [0, 0.05) is 6.04 Å². The third-order valence-corrected chi connectivity index (χ3v) is 3.06. The third kappa shape index (κ3) is 2.10. The molecule has 1 fully saturated rings. The number of nitrogens with two attached hydrogens (primary N) is 1. The molecule has 70 valence electrons. The number of hydrogen-bond donors (Lipinski definition) is 1. The monoisotopic (exact) mass is 167 g/mol. The molecule has 1 atom stereocenters. The molecule has 1 unspecified atom stereocenters. The summed E-state index contributed by atoms with van der Waals surface area (Å²) in [6.45, 7) is 6.57. The quantitative estimate of drug-likeness (QED) is 0.629. The van der Waals surface area contributed by atoms with Gasteiger partial charge in [-0.1, -0.05) is 31.4 Å². The maximum Gasteiger partial charge on any atom is 0.0280 e. The molecule has 1 saturated carbocycles. The van der Waals surface area contributed by atoms with Crippen LogP contribution in [0.3, 0.4) is 0 Å². The van der Waals surface area contributed by atoms with Crippen molar-refractivity contribution in [3.8, 4) is 0 Å². The van der Waals surface area contributed by atoms with Crippen molar-refractivity contribution in [1.82, 2.24) is 0 Å². The van der Waals surface area contributed by atoms with Gasteiger partial charge in [-0.25, -0.2) is 0 Å². The Bertz CT molecular complexity index is 171. The average molecular weight is 167 g/mol. The summed E-state index contributed by atoms with van der Waals surface area (Å²) in [6, 6.07) is 0.269. The average Bonchev–Trinajstić information content (AvgIpc) is 2.36. The zero-order chi connectivity index (χ0) is 9.19. The Morgan fingerprint density at radius 2 is 1.83 bits per heavy atom. The summed E-state index contributed by atoms with van der Waals surface area (Å²) in [5.41, 5.74) is 7.87. The molecule has 12 heavy (non-hydrogen) atoms. The minimum Gasteiger partial charge on any atom is -0.324 e. The van der Waals surface area contributed by atoms with E-state index in [1.54, 1.807) is 0 Å². The number of allylic oxidation sites excluding steroid dienone is 1. The fraction of sp³-hybridized carbons (Fsp3) is 0.818. The van der Waals surface area contributed by atoms with E-state index in [1.807, 2.05) is 0 Å². The summed E-state index contributed by atoms with van der Waals surface area (Å²) in [6.07, 6.45) is 7.54. The van der Waals surface area contributed by atoms with Gasteiger partial charge in [-0.15, -0.1) is 0 Å². The van der Waals surface area contributed by atoms with E-state index in [4.69, 9.17) is 5.73 Å². The molecule has 0 heterocycles. The van der Waals surface area contributed by atoms with Gasteiger partial charge >= 0.3 is 0 Å². The molecule has 0 aliphatic heterocycles. The summed E-state index contributed by atoms with van der Waals surface area (Å²) in [5.74, 6) is 0. The van der Waals surface area contributed by atoms with Crippen LogP contribution < -0.4 is 5.73 Å². The van der Waals surface area contributed by atoms with Crippen molar-refractivity contribution in [2.45, 2.75) is 52.5 Å². The molecule has 1 nitrogen and oxygen atoms in total. The first kappa shape index (κ1) is 9.79. The van der Waals surface area contributed by atoms with Crippen molar-refractivity contribution in [2.75, 3.05) is 0 Å². The first-order valence-corrected chi connectivity index (χ1v) is 4.95. The minimum absolute atomic E-state index is 0.269. The predicted molar refractivity (Wildman–Crippen MR) is 54.0 cm³/mol. The Morgan fingerprint density at radius 3 is 2.25 bits per heavy atom. The lowest BCUT2D eigenvalue weighted by molar-refractivity contribution is 0.298. The summed E-state index contributed by atoms with van der Waals surface area (Å²) in [5, 5.41) is 0. The van der Waals surface area contributed by atoms with Crippen molar-refractivity contribution in [3.05, 3.63) is 11.6 Å². The highest BCUT2D eigenvalue weighted by Gasteiger charge is 2.33. The van der Waals surface area contributed by atoms with E-state index in [1.165, 1.54) is 31.3 Å². The van der Waals surface area contributed by atoms with Crippen molar-refractivity contribution in [3.63, 3.8) is 0 Å². The van der Waals surface area contributed by atoms with Gasteiger partial charge in [0.25, 0.3) is 0 Å². The molecule has 0 aromatic rings. The Labute approximate surface area is 76.0 Å². The molecule has 1 aliphatic rings. The standard InChI is InChI=1S/C11H21N/c1-9(2)8-10(12)11(3)6-4-5-7-11/h8,10H,4-7,12H2,1-3H3. The lowest BCUT2D eigenvalue weighted by Crippen LogP contribution is -2.35. The number of rotatable bonds is 2. The third-order valence-electron chi connectivity index (χ3n) is 3.06. The van der Waals surface area contributed by atoms with Crippen molar-refractivity contribution in [1.29, 1.82) is 0 Å². The molecule has 2 N–H and O–H groups in total. The largest absolute Gasteiger partial charge is 0.324 e. The molecule has 0 saturated heterocycles. The van der Waals surface area contributed by atoms with E-state index in [-0.39, 0.29) is 6.04 Å². The molecule has 0 spiro atoms. The van der Waals surface area contributed by atoms with E-state index < -0.39 is 0 Å². The van der Waals surface area contributed by atoms with Crippen LogP contribution in [0.5, 0.6) is 0 Å². The molecular weight excluding hydrogens is 146 g/mol. The van der Waals surface area contributed by atoms with Crippen LogP contribution in [0.25, 0.3) is 0 Å².